The van der Waals surface area contributed by atoms with Gasteiger partial charge < -0.3 is 15.1 Å². The smallest absolute Gasteiger partial charge is 0.256 e. The van der Waals surface area contributed by atoms with Gasteiger partial charge in [-0.05, 0) is 60.9 Å². The van der Waals surface area contributed by atoms with Crippen molar-refractivity contribution < 1.29 is 14.0 Å². The number of piperazine rings is 1. The minimum absolute atomic E-state index is 0.0682. The van der Waals surface area contributed by atoms with Gasteiger partial charge >= 0.3 is 0 Å². The largest absolute Gasteiger partial charge is 0.356 e. The Morgan fingerprint density at radius 1 is 1.10 bits per heavy atom. The van der Waals surface area contributed by atoms with E-state index >= 15 is 0 Å². The van der Waals surface area contributed by atoms with Crippen LogP contribution in [0.5, 0.6) is 0 Å². The van der Waals surface area contributed by atoms with Crippen LogP contribution in [0.3, 0.4) is 0 Å². The van der Waals surface area contributed by atoms with Crippen molar-refractivity contribution in [1.82, 2.24) is 15.2 Å². The molecule has 0 bridgehead atoms. The fourth-order valence-electron chi connectivity index (χ4n) is 4.69. The van der Waals surface area contributed by atoms with Crippen LogP contribution in [0.1, 0.15) is 58.1 Å². The second-order valence-corrected chi connectivity index (χ2v) is 8.83. The SMILES string of the molecule is Cc1cc(C2CC2)cnc1N1CCN(C(=O)c2ccc(C3CCNC3=O)cc2F)CC1. The van der Waals surface area contributed by atoms with Gasteiger partial charge in [-0.1, -0.05) is 12.1 Å². The van der Waals surface area contributed by atoms with Gasteiger partial charge in [-0.2, -0.15) is 0 Å². The van der Waals surface area contributed by atoms with Crippen molar-refractivity contribution >= 4 is 17.6 Å². The molecule has 2 amide bonds. The Morgan fingerprint density at radius 2 is 1.87 bits per heavy atom. The van der Waals surface area contributed by atoms with Gasteiger partial charge in [0.15, 0.2) is 0 Å². The molecule has 1 aromatic carbocycles. The third kappa shape index (κ3) is 3.89. The van der Waals surface area contributed by atoms with Gasteiger partial charge in [0.05, 0.1) is 11.5 Å². The van der Waals surface area contributed by atoms with E-state index in [2.05, 4.69) is 28.2 Å². The van der Waals surface area contributed by atoms with Crippen molar-refractivity contribution in [3.8, 4) is 0 Å². The molecule has 2 aromatic rings. The summed E-state index contributed by atoms with van der Waals surface area (Å²) in [6.45, 7) is 5.09. The quantitative estimate of drug-likeness (QED) is 0.823. The first kappa shape index (κ1) is 20.0. The molecule has 0 radical (unpaired) electrons. The number of halogens is 1. The first-order chi connectivity index (χ1) is 15.0. The lowest BCUT2D eigenvalue weighted by molar-refractivity contribution is -0.120. The molecule has 1 atom stereocenters. The number of nitrogens with zero attached hydrogens (tertiary/aromatic N) is 3. The van der Waals surface area contributed by atoms with E-state index in [4.69, 9.17) is 0 Å². The summed E-state index contributed by atoms with van der Waals surface area (Å²) in [5, 5.41) is 2.76. The molecular weight excluding hydrogens is 395 g/mol. The maximum absolute atomic E-state index is 14.7. The van der Waals surface area contributed by atoms with Crippen molar-refractivity contribution in [2.24, 2.45) is 0 Å². The molecule has 7 heteroatoms. The Hall–Kier alpha value is -2.96. The molecule has 3 heterocycles. The average molecular weight is 423 g/mol. The highest BCUT2D eigenvalue weighted by molar-refractivity contribution is 5.95. The van der Waals surface area contributed by atoms with Crippen LogP contribution in [0, 0.1) is 12.7 Å². The summed E-state index contributed by atoms with van der Waals surface area (Å²) in [7, 11) is 0. The van der Waals surface area contributed by atoms with Gasteiger partial charge in [0.1, 0.15) is 11.6 Å². The van der Waals surface area contributed by atoms with Crippen molar-refractivity contribution in [1.29, 1.82) is 0 Å². The number of amides is 2. The zero-order chi connectivity index (χ0) is 21.5. The highest BCUT2D eigenvalue weighted by Crippen LogP contribution is 2.40. The summed E-state index contributed by atoms with van der Waals surface area (Å²) in [4.78, 5) is 33.4. The Bertz CT molecular complexity index is 1030. The van der Waals surface area contributed by atoms with Crippen molar-refractivity contribution in [3.05, 3.63) is 58.5 Å². The van der Waals surface area contributed by atoms with Crippen molar-refractivity contribution in [3.63, 3.8) is 0 Å². The Morgan fingerprint density at radius 3 is 2.48 bits per heavy atom. The summed E-state index contributed by atoms with van der Waals surface area (Å²) in [5.74, 6) is 0.389. The van der Waals surface area contributed by atoms with E-state index in [-0.39, 0.29) is 23.3 Å². The van der Waals surface area contributed by atoms with Crippen LogP contribution in [0.2, 0.25) is 0 Å². The minimum atomic E-state index is -0.558. The molecule has 6 nitrogen and oxygen atoms in total. The maximum Gasteiger partial charge on any atom is 0.256 e. The van der Waals surface area contributed by atoms with Crippen molar-refractivity contribution in [2.45, 2.75) is 38.0 Å². The van der Waals surface area contributed by atoms with Crippen LogP contribution in [0.4, 0.5) is 10.2 Å². The van der Waals surface area contributed by atoms with E-state index in [1.807, 2.05) is 6.20 Å². The second-order valence-electron chi connectivity index (χ2n) is 8.83. The number of anilines is 1. The number of hydrogen-bond donors (Lipinski definition) is 1. The van der Waals surface area contributed by atoms with E-state index < -0.39 is 5.82 Å². The molecule has 2 saturated heterocycles. The molecule has 1 saturated carbocycles. The number of carbonyl (C=O) groups excluding carboxylic acids is 2. The molecule has 162 valence electrons. The predicted octanol–water partition coefficient (Wildman–Crippen LogP) is 2.97. The van der Waals surface area contributed by atoms with Crippen LogP contribution in [0.25, 0.3) is 0 Å². The number of hydrogen-bond acceptors (Lipinski definition) is 4. The molecular formula is C24H27FN4O2. The molecule has 1 aromatic heterocycles. The minimum Gasteiger partial charge on any atom is -0.356 e. The average Bonchev–Trinajstić information content (AvgIpc) is 3.54. The lowest BCUT2D eigenvalue weighted by atomic mass is 9.96. The lowest BCUT2D eigenvalue weighted by Crippen LogP contribution is -2.49. The standard InChI is InChI=1S/C24H27FN4O2/c1-15-12-18(16-2-3-16)14-27-22(15)28-8-10-29(11-9-28)24(31)20-5-4-17(13-21(20)25)19-6-7-26-23(19)30/h4-5,12-14,16,19H,2-3,6-11H2,1H3,(H,26,30). The lowest BCUT2D eigenvalue weighted by Gasteiger charge is -2.36. The first-order valence-corrected chi connectivity index (χ1v) is 11.1. The predicted molar refractivity (Wildman–Crippen MR) is 116 cm³/mol. The van der Waals surface area contributed by atoms with Crippen LogP contribution < -0.4 is 10.2 Å². The zero-order valence-corrected chi connectivity index (χ0v) is 17.7. The van der Waals surface area contributed by atoms with Gasteiger partial charge in [0, 0.05) is 38.9 Å². The van der Waals surface area contributed by atoms with Gasteiger partial charge in [-0.15, -0.1) is 0 Å². The summed E-state index contributed by atoms with van der Waals surface area (Å²) in [5.41, 5.74) is 3.19. The van der Waals surface area contributed by atoms with Gasteiger partial charge in [-0.25, -0.2) is 9.37 Å². The van der Waals surface area contributed by atoms with Gasteiger partial charge in [-0.3, -0.25) is 9.59 Å². The van der Waals surface area contributed by atoms with E-state index in [0.29, 0.717) is 50.6 Å². The number of carbonyl (C=O) groups is 2. The molecule has 1 unspecified atom stereocenters. The zero-order valence-electron chi connectivity index (χ0n) is 17.7. The van der Waals surface area contributed by atoms with Crippen LogP contribution in [-0.4, -0.2) is 54.4 Å². The molecule has 3 aliphatic rings. The molecule has 0 spiro atoms. The van der Waals surface area contributed by atoms with E-state index in [1.165, 1.54) is 36.1 Å². The normalized spacial score (nSPS) is 21.4. The van der Waals surface area contributed by atoms with E-state index in [9.17, 15) is 14.0 Å². The third-order valence-corrected chi connectivity index (χ3v) is 6.66. The molecule has 1 aliphatic carbocycles. The number of nitrogens with one attached hydrogen (secondary N) is 1. The van der Waals surface area contributed by atoms with Crippen molar-refractivity contribution in [2.75, 3.05) is 37.6 Å². The molecule has 31 heavy (non-hydrogen) atoms. The Labute approximate surface area is 181 Å². The maximum atomic E-state index is 14.7. The van der Waals surface area contributed by atoms with Gasteiger partial charge in [0.25, 0.3) is 5.91 Å². The first-order valence-electron chi connectivity index (χ1n) is 11.1. The highest BCUT2D eigenvalue weighted by atomic mass is 19.1. The third-order valence-electron chi connectivity index (χ3n) is 6.66. The fraction of sp³-hybridized carbons (Fsp3) is 0.458. The number of aromatic nitrogens is 1. The monoisotopic (exact) mass is 422 g/mol. The fourth-order valence-corrected chi connectivity index (χ4v) is 4.69. The number of aryl methyl sites for hydroxylation is 1. The van der Waals surface area contributed by atoms with Gasteiger partial charge in [0.2, 0.25) is 5.91 Å². The Kier molecular flexibility index (Phi) is 5.12. The molecule has 5 rings (SSSR count). The van der Waals surface area contributed by atoms with E-state index in [1.54, 1.807) is 11.0 Å². The molecule has 1 N–H and O–H groups in total. The molecule has 3 fully saturated rings. The number of rotatable bonds is 4. The van der Waals surface area contributed by atoms with Crippen LogP contribution >= 0.6 is 0 Å². The summed E-state index contributed by atoms with van der Waals surface area (Å²) < 4.78 is 14.7. The number of pyridine rings is 1. The summed E-state index contributed by atoms with van der Waals surface area (Å²) in [6, 6.07) is 6.80. The van der Waals surface area contributed by atoms with Crippen LogP contribution in [-0.2, 0) is 4.79 Å². The van der Waals surface area contributed by atoms with Crippen LogP contribution in [0.15, 0.2) is 30.5 Å². The number of benzene rings is 1. The second kappa shape index (κ2) is 7.94. The van der Waals surface area contributed by atoms with E-state index in [0.717, 1.165) is 5.82 Å². The Balaban J connectivity index is 1.24. The molecule has 2 aliphatic heterocycles. The highest BCUT2D eigenvalue weighted by Gasteiger charge is 2.29. The summed E-state index contributed by atoms with van der Waals surface area (Å²) >= 11 is 0. The summed E-state index contributed by atoms with van der Waals surface area (Å²) in [6.07, 6.45) is 5.15. The topological polar surface area (TPSA) is 65.5 Å².